The number of aromatic nitrogens is 2. The molecule has 0 aliphatic carbocycles. The molecule has 0 aliphatic heterocycles. The summed E-state index contributed by atoms with van der Waals surface area (Å²) in [7, 11) is 1.66. The number of hydrogen-bond donors (Lipinski definition) is 3. The molecule has 90 valence electrons. The molecule has 6 nitrogen and oxygen atoms in total. The minimum atomic E-state index is -0.946. The first kappa shape index (κ1) is 12.5. The summed E-state index contributed by atoms with van der Waals surface area (Å²) in [6, 6.07) is 0. The third-order valence-corrected chi connectivity index (χ3v) is 2.17. The molecule has 0 radical (unpaired) electrons. The number of amides is 1. The maximum Gasteiger partial charge on any atom is 0.271 e. The highest BCUT2D eigenvalue weighted by Crippen LogP contribution is 2.14. The van der Waals surface area contributed by atoms with Crippen LogP contribution in [0.3, 0.4) is 0 Å². The van der Waals surface area contributed by atoms with Crippen LogP contribution in [0, 0.1) is 6.92 Å². The van der Waals surface area contributed by atoms with Crippen molar-refractivity contribution in [3.63, 3.8) is 0 Å². The summed E-state index contributed by atoms with van der Waals surface area (Å²) in [6.45, 7) is 5.13. The monoisotopic (exact) mass is 226 g/mol. The lowest BCUT2D eigenvalue weighted by Gasteiger charge is -2.17. The molecule has 0 saturated carbocycles. The zero-order valence-electron chi connectivity index (χ0n) is 10.0. The molecule has 16 heavy (non-hydrogen) atoms. The van der Waals surface area contributed by atoms with Crippen LogP contribution < -0.4 is 11.1 Å². The van der Waals surface area contributed by atoms with Crippen LogP contribution in [0.2, 0.25) is 0 Å². The van der Waals surface area contributed by atoms with Crippen LogP contribution in [-0.4, -0.2) is 32.9 Å². The van der Waals surface area contributed by atoms with Gasteiger partial charge in [-0.1, -0.05) is 0 Å². The summed E-state index contributed by atoms with van der Waals surface area (Å²) >= 11 is 0. The predicted molar refractivity (Wildman–Crippen MR) is 61.0 cm³/mol. The number of aliphatic hydroxyl groups is 1. The van der Waals surface area contributed by atoms with Crippen LogP contribution in [0.1, 0.15) is 30.0 Å². The van der Waals surface area contributed by atoms with Crippen molar-refractivity contribution in [2.75, 3.05) is 12.3 Å². The number of rotatable bonds is 3. The van der Waals surface area contributed by atoms with Gasteiger partial charge < -0.3 is 16.2 Å². The predicted octanol–water partition coefficient (Wildman–Crippen LogP) is -0.189. The van der Waals surface area contributed by atoms with Gasteiger partial charge in [-0.2, -0.15) is 5.10 Å². The number of carbonyl (C=O) groups is 1. The summed E-state index contributed by atoms with van der Waals surface area (Å²) in [5, 5.41) is 16.1. The first-order valence-corrected chi connectivity index (χ1v) is 5.02. The van der Waals surface area contributed by atoms with Crippen molar-refractivity contribution < 1.29 is 9.90 Å². The van der Waals surface area contributed by atoms with E-state index in [-0.39, 0.29) is 12.5 Å². The van der Waals surface area contributed by atoms with Gasteiger partial charge in [0.2, 0.25) is 0 Å². The van der Waals surface area contributed by atoms with Crippen molar-refractivity contribution >= 4 is 11.6 Å². The molecule has 6 heteroatoms. The summed E-state index contributed by atoms with van der Waals surface area (Å²) in [5.41, 5.74) is 6.10. The Balaban J connectivity index is 2.81. The normalized spacial score (nSPS) is 11.6. The van der Waals surface area contributed by atoms with Gasteiger partial charge in [-0.05, 0) is 20.8 Å². The Labute approximate surface area is 94.4 Å². The van der Waals surface area contributed by atoms with Crippen LogP contribution >= 0.6 is 0 Å². The van der Waals surface area contributed by atoms with Crippen molar-refractivity contribution in [1.82, 2.24) is 15.1 Å². The van der Waals surface area contributed by atoms with Crippen LogP contribution in [0.25, 0.3) is 0 Å². The first-order chi connectivity index (χ1) is 7.22. The van der Waals surface area contributed by atoms with E-state index in [0.717, 1.165) is 0 Å². The average Bonchev–Trinajstić information content (AvgIpc) is 2.36. The second kappa shape index (κ2) is 4.13. The van der Waals surface area contributed by atoms with Crippen LogP contribution in [0.4, 0.5) is 5.69 Å². The highest BCUT2D eigenvalue weighted by Gasteiger charge is 2.20. The summed E-state index contributed by atoms with van der Waals surface area (Å²) in [4.78, 5) is 11.8. The number of hydrogen-bond acceptors (Lipinski definition) is 4. The molecule has 0 fully saturated rings. The standard InChI is InChI=1S/C10H18N4O2/c1-6-7(11)8(14(4)13-6)9(15)12-5-10(2,3)16/h16H,5,11H2,1-4H3,(H,12,15). The van der Waals surface area contributed by atoms with E-state index >= 15 is 0 Å². The molecular weight excluding hydrogens is 208 g/mol. The summed E-state index contributed by atoms with van der Waals surface area (Å²) in [6.07, 6.45) is 0. The van der Waals surface area contributed by atoms with Crippen LogP contribution in [0.5, 0.6) is 0 Å². The van der Waals surface area contributed by atoms with Crippen molar-refractivity contribution in [3.05, 3.63) is 11.4 Å². The van der Waals surface area contributed by atoms with Gasteiger partial charge in [-0.25, -0.2) is 0 Å². The van der Waals surface area contributed by atoms with Crippen molar-refractivity contribution in [3.8, 4) is 0 Å². The van der Waals surface area contributed by atoms with Gasteiger partial charge in [0.1, 0.15) is 5.69 Å². The Kier molecular flexibility index (Phi) is 3.23. The largest absolute Gasteiger partial charge is 0.395 e. The van der Waals surface area contributed by atoms with E-state index < -0.39 is 5.60 Å². The van der Waals surface area contributed by atoms with E-state index in [1.54, 1.807) is 27.8 Å². The quantitative estimate of drug-likeness (QED) is 0.666. The molecule has 4 N–H and O–H groups in total. The van der Waals surface area contributed by atoms with Crippen LogP contribution in [-0.2, 0) is 7.05 Å². The summed E-state index contributed by atoms with van der Waals surface area (Å²) in [5.74, 6) is -0.331. The Bertz CT molecular complexity index is 404. The molecule has 0 unspecified atom stereocenters. The molecule has 0 saturated heterocycles. The molecule has 1 amide bonds. The number of carbonyl (C=O) groups excluding carboxylic acids is 1. The van der Waals surface area contributed by atoms with E-state index in [2.05, 4.69) is 10.4 Å². The Morgan fingerprint density at radius 2 is 2.19 bits per heavy atom. The third kappa shape index (κ3) is 2.73. The van der Waals surface area contributed by atoms with Gasteiger partial charge in [0.25, 0.3) is 5.91 Å². The molecular formula is C10H18N4O2. The fraction of sp³-hybridized carbons (Fsp3) is 0.600. The van der Waals surface area contributed by atoms with E-state index in [9.17, 15) is 9.90 Å². The van der Waals surface area contributed by atoms with E-state index in [1.165, 1.54) is 4.68 Å². The van der Waals surface area contributed by atoms with E-state index in [4.69, 9.17) is 5.73 Å². The fourth-order valence-corrected chi connectivity index (χ4v) is 1.32. The van der Waals surface area contributed by atoms with Gasteiger partial charge in [0, 0.05) is 13.6 Å². The van der Waals surface area contributed by atoms with Crippen molar-refractivity contribution in [2.24, 2.45) is 7.05 Å². The topological polar surface area (TPSA) is 93.2 Å². The maximum atomic E-state index is 11.8. The lowest BCUT2D eigenvalue weighted by Crippen LogP contribution is -2.39. The summed E-state index contributed by atoms with van der Waals surface area (Å²) < 4.78 is 1.43. The molecule has 1 rings (SSSR count). The maximum absolute atomic E-state index is 11.8. The molecule has 0 spiro atoms. The van der Waals surface area contributed by atoms with Gasteiger partial charge in [0.15, 0.2) is 0 Å². The molecule has 0 aliphatic rings. The minimum absolute atomic E-state index is 0.162. The minimum Gasteiger partial charge on any atom is -0.395 e. The number of nitrogens with zero attached hydrogens (tertiary/aromatic N) is 2. The van der Waals surface area contributed by atoms with Gasteiger partial charge in [-0.3, -0.25) is 9.48 Å². The van der Waals surface area contributed by atoms with Crippen molar-refractivity contribution in [2.45, 2.75) is 26.4 Å². The number of nitrogen functional groups attached to an aromatic ring is 1. The lowest BCUT2D eigenvalue weighted by atomic mass is 10.1. The highest BCUT2D eigenvalue weighted by molar-refractivity contribution is 5.97. The molecule has 1 aromatic rings. The Hall–Kier alpha value is -1.56. The first-order valence-electron chi connectivity index (χ1n) is 5.02. The van der Waals surface area contributed by atoms with Gasteiger partial charge in [0.05, 0.1) is 17.0 Å². The van der Waals surface area contributed by atoms with Gasteiger partial charge >= 0.3 is 0 Å². The highest BCUT2D eigenvalue weighted by atomic mass is 16.3. The number of anilines is 1. The molecule has 0 bridgehead atoms. The second-order valence-electron chi connectivity index (χ2n) is 4.47. The number of aryl methyl sites for hydroxylation is 2. The smallest absolute Gasteiger partial charge is 0.271 e. The fourth-order valence-electron chi connectivity index (χ4n) is 1.32. The molecule has 1 heterocycles. The van der Waals surface area contributed by atoms with E-state index in [0.29, 0.717) is 17.1 Å². The molecule has 0 aromatic carbocycles. The van der Waals surface area contributed by atoms with Crippen molar-refractivity contribution in [1.29, 1.82) is 0 Å². The zero-order valence-corrected chi connectivity index (χ0v) is 10.0. The number of nitrogens with two attached hydrogens (primary N) is 1. The lowest BCUT2D eigenvalue weighted by molar-refractivity contribution is 0.0690. The molecule has 0 atom stereocenters. The Morgan fingerprint density at radius 1 is 1.62 bits per heavy atom. The Morgan fingerprint density at radius 3 is 2.56 bits per heavy atom. The number of nitrogens with one attached hydrogen (secondary N) is 1. The SMILES string of the molecule is Cc1nn(C)c(C(=O)NCC(C)(C)O)c1N. The van der Waals surface area contributed by atoms with Gasteiger partial charge in [-0.15, -0.1) is 0 Å². The van der Waals surface area contributed by atoms with Crippen LogP contribution in [0.15, 0.2) is 0 Å². The zero-order chi connectivity index (χ0) is 12.5. The average molecular weight is 226 g/mol. The second-order valence-corrected chi connectivity index (χ2v) is 4.47. The third-order valence-electron chi connectivity index (χ3n) is 2.17. The molecule has 1 aromatic heterocycles. The van der Waals surface area contributed by atoms with E-state index in [1.807, 2.05) is 0 Å².